The van der Waals surface area contributed by atoms with E-state index < -0.39 is 0 Å². The molecule has 0 bridgehead atoms. The van der Waals surface area contributed by atoms with Gasteiger partial charge in [-0.25, -0.2) is 4.39 Å². The summed E-state index contributed by atoms with van der Waals surface area (Å²) in [6, 6.07) is 9.13. The molecule has 0 saturated carbocycles. The largest absolute Gasteiger partial charge is 0.491 e. The Kier molecular flexibility index (Phi) is 5.14. The SMILES string of the molecule is CCCOc1cc(C)ccc1NC(C)c1ccc(F)cn1. The standard InChI is InChI=1S/C17H21FN2O/c1-4-9-21-17-10-12(2)5-7-16(17)20-13(3)15-8-6-14(18)11-19-15/h5-8,10-11,13,20H,4,9H2,1-3H3. The first kappa shape index (κ1) is 15.3. The summed E-state index contributed by atoms with van der Waals surface area (Å²) < 4.78 is 18.7. The molecule has 0 saturated heterocycles. The number of hydrogen-bond donors (Lipinski definition) is 1. The highest BCUT2D eigenvalue weighted by Crippen LogP contribution is 2.29. The number of nitrogens with one attached hydrogen (secondary N) is 1. The Morgan fingerprint density at radius 2 is 2.10 bits per heavy atom. The van der Waals surface area contributed by atoms with E-state index in [0.717, 1.165) is 29.1 Å². The zero-order valence-corrected chi connectivity index (χ0v) is 12.7. The number of halogens is 1. The Labute approximate surface area is 125 Å². The maximum Gasteiger partial charge on any atom is 0.142 e. The lowest BCUT2D eigenvalue weighted by Crippen LogP contribution is -2.10. The van der Waals surface area contributed by atoms with Crippen LogP contribution in [0.3, 0.4) is 0 Å². The minimum atomic E-state index is -0.326. The van der Waals surface area contributed by atoms with Crippen molar-refractivity contribution in [3.63, 3.8) is 0 Å². The Morgan fingerprint density at radius 3 is 2.76 bits per heavy atom. The number of aromatic nitrogens is 1. The highest BCUT2D eigenvalue weighted by Gasteiger charge is 2.11. The van der Waals surface area contributed by atoms with Gasteiger partial charge in [0.25, 0.3) is 0 Å². The van der Waals surface area contributed by atoms with Gasteiger partial charge in [0.05, 0.1) is 30.2 Å². The van der Waals surface area contributed by atoms with Gasteiger partial charge in [0.15, 0.2) is 0 Å². The van der Waals surface area contributed by atoms with E-state index in [2.05, 4.69) is 17.2 Å². The molecule has 1 unspecified atom stereocenters. The van der Waals surface area contributed by atoms with Crippen molar-refractivity contribution in [3.8, 4) is 5.75 Å². The zero-order chi connectivity index (χ0) is 15.2. The summed E-state index contributed by atoms with van der Waals surface area (Å²) in [6.45, 7) is 6.78. The minimum absolute atomic E-state index is 0.0303. The summed E-state index contributed by atoms with van der Waals surface area (Å²) in [6.07, 6.45) is 2.19. The third kappa shape index (κ3) is 4.18. The van der Waals surface area contributed by atoms with E-state index in [1.54, 1.807) is 6.07 Å². The normalized spacial score (nSPS) is 12.0. The van der Waals surface area contributed by atoms with Crippen molar-refractivity contribution in [1.29, 1.82) is 0 Å². The summed E-state index contributed by atoms with van der Waals surface area (Å²) in [5.41, 5.74) is 2.87. The second kappa shape index (κ2) is 7.07. The summed E-state index contributed by atoms with van der Waals surface area (Å²) in [4.78, 5) is 4.11. The Hall–Kier alpha value is -2.10. The van der Waals surface area contributed by atoms with Crippen LogP contribution in [0, 0.1) is 12.7 Å². The number of benzene rings is 1. The van der Waals surface area contributed by atoms with Crippen LogP contribution in [-0.4, -0.2) is 11.6 Å². The predicted octanol–water partition coefficient (Wildman–Crippen LogP) is 4.49. The summed E-state index contributed by atoms with van der Waals surface area (Å²) in [5.74, 6) is 0.513. The van der Waals surface area contributed by atoms with Crippen LogP contribution >= 0.6 is 0 Å². The van der Waals surface area contributed by atoms with E-state index >= 15 is 0 Å². The molecular formula is C17H21FN2O. The number of ether oxygens (including phenoxy) is 1. The van der Waals surface area contributed by atoms with Crippen molar-refractivity contribution >= 4 is 5.69 Å². The topological polar surface area (TPSA) is 34.1 Å². The van der Waals surface area contributed by atoms with E-state index in [9.17, 15) is 4.39 Å². The number of hydrogen-bond acceptors (Lipinski definition) is 3. The Morgan fingerprint density at radius 1 is 1.29 bits per heavy atom. The van der Waals surface area contributed by atoms with Crippen molar-refractivity contribution in [1.82, 2.24) is 4.98 Å². The molecular weight excluding hydrogens is 267 g/mol. The number of anilines is 1. The molecule has 1 heterocycles. The minimum Gasteiger partial charge on any atom is -0.491 e. The number of pyridine rings is 1. The Balaban J connectivity index is 2.16. The summed E-state index contributed by atoms with van der Waals surface area (Å²) in [5, 5.41) is 3.37. The number of aryl methyl sites for hydroxylation is 1. The average molecular weight is 288 g/mol. The van der Waals surface area contributed by atoms with Crippen LogP contribution in [0.4, 0.5) is 10.1 Å². The van der Waals surface area contributed by atoms with E-state index in [4.69, 9.17) is 4.74 Å². The summed E-state index contributed by atoms with van der Waals surface area (Å²) in [7, 11) is 0. The van der Waals surface area contributed by atoms with Crippen molar-refractivity contribution in [2.75, 3.05) is 11.9 Å². The van der Waals surface area contributed by atoms with Crippen molar-refractivity contribution in [3.05, 3.63) is 53.6 Å². The van der Waals surface area contributed by atoms with Gasteiger partial charge in [-0.05, 0) is 50.1 Å². The van der Waals surface area contributed by atoms with Gasteiger partial charge in [-0.1, -0.05) is 13.0 Å². The zero-order valence-electron chi connectivity index (χ0n) is 12.7. The predicted molar refractivity (Wildman–Crippen MR) is 83.2 cm³/mol. The highest BCUT2D eigenvalue weighted by atomic mass is 19.1. The van der Waals surface area contributed by atoms with Crippen LogP contribution in [0.2, 0.25) is 0 Å². The maximum atomic E-state index is 12.9. The van der Waals surface area contributed by atoms with E-state index in [-0.39, 0.29) is 11.9 Å². The molecule has 1 atom stereocenters. The molecule has 112 valence electrons. The first-order valence-electron chi connectivity index (χ1n) is 7.21. The number of nitrogens with zero attached hydrogens (tertiary/aromatic N) is 1. The molecule has 2 aromatic rings. The van der Waals surface area contributed by atoms with Gasteiger partial charge in [0, 0.05) is 0 Å². The molecule has 3 nitrogen and oxygen atoms in total. The highest BCUT2D eigenvalue weighted by molar-refractivity contribution is 5.58. The van der Waals surface area contributed by atoms with Gasteiger partial charge < -0.3 is 10.1 Å². The fraction of sp³-hybridized carbons (Fsp3) is 0.353. The van der Waals surface area contributed by atoms with Crippen molar-refractivity contribution in [2.24, 2.45) is 0 Å². The lowest BCUT2D eigenvalue weighted by Gasteiger charge is -2.18. The smallest absolute Gasteiger partial charge is 0.142 e. The van der Waals surface area contributed by atoms with Gasteiger partial charge in [-0.15, -0.1) is 0 Å². The lowest BCUT2D eigenvalue weighted by atomic mass is 10.1. The first-order chi connectivity index (χ1) is 10.1. The van der Waals surface area contributed by atoms with Crippen LogP contribution < -0.4 is 10.1 Å². The van der Waals surface area contributed by atoms with Gasteiger partial charge in [-0.2, -0.15) is 0 Å². The molecule has 2 rings (SSSR count). The third-order valence-electron chi connectivity index (χ3n) is 3.16. The number of rotatable bonds is 6. The van der Waals surface area contributed by atoms with Gasteiger partial charge >= 0.3 is 0 Å². The van der Waals surface area contributed by atoms with E-state index in [1.807, 2.05) is 32.0 Å². The molecule has 0 radical (unpaired) electrons. The summed E-state index contributed by atoms with van der Waals surface area (Å²) >= 11 is 0. The van der Waals surface area contributed by atoms with Crippen LogP contribution in [-0.2, 0) is 0 Å². The van der Waals surface area contributed by atoms with Crippen LogP contribution in [0.5, 0.6) is 5.75 Å². The fourth-order valence-corrected chi connectivity index (χ4v) is 2.03. The molecule has 0 fully saturated rings. The second-order valence-corrected chi connectivity index (χ2v) is 5.12. The average Bonchev–Trinajstić information content (AvgIpc) is 2.48. The molecule has 1 N–H and O–H groups in total. The monoisotopic (exact) mass is 288 g/mol. The van der Waals surface area contributed by atoms with Crippen molar-refractivity contribution < 1.29 is 9.13 Å². The van der Waals surface area contributed by atoms with E-state index in [1.165, 1.54) is 12.3 Å². The molecule has 0 spiro atoms. The quantitative estimate of drug-likeness (QED) is 0.850. The van der Waals surface area contributed by atoms with Gasteiger partial charge in [-0.3, -0.25) is 4.98 Å². The maximum absolute atomic E-state index is 12.9. The van der Waals surface area contributed by atoms with E-state index in [0.29, 0.717) is 6.61 Å². The molecule has 1 aromatic carbocycles. The Bertz CT molecular complexity index is 584. The van der Waals surface area contributed by atoms with Crippen LogP contribution in [0.15, 0.2) is 36.5 Å². The fourth-order valence-electron chi connectivity index (χ4n) is 2.03. The van der Waals surface area contributed by atoms with Crippen LogP contribution in [0.1, 0.15) is 37.6 Å². The molecule has 0 aliphatic carbocycles. The molecule has 0 aliphatic rings. The molecule has 0 aliphatic heterocycles. The third-order valence-corrected chi connectivity index (χ3v) is 3.16. The molecule has 0 amide bonds. The van der Waals surface area contributed by atoms with Crippen LogP contribution in [0.25, 0.3) is 0 Å². The second-order valence-electron chi connectivity index (χ2n) is 5.12. The molecule has 1 aromatic heterocycles. The molecule has 4 heteroatoms. The van der Waals surface area contributed by atoms with Gasteiger partial charge in [0.1, 0.15) is 11.6 Å². The molecule has 21 heavy (non-hydrogen) atoms. The first-order valence-corrected chi connectivity index (χ1v) is 7.21. The van der Waals surface area contributed by atoms with Crippen molar-refractivity contribution in [2.45, 2.75) is 33.2 Å². The lowest BCUT2D eigenvalue weighted by molar-refractivity contribution is 0.318. The van der Waals surface area contributed by atoms with Gasteiger partial charge in [0.2, 0.25) is 0 Å².